The molecule has 0 saturated heterocycles. The third-order valence-electron chi connectivity index (χ3n) is 2.81. The fourth-order valence-electron chi connectivity index (χ4n) is 1.75. The fourth-order valence-corrected chi connectivity index (χ4v) is 1.75. The molecule has 1 heterocycles. The summed E-state index contributed by atoms with van der Waals surface area (Å²) in [7, 11) is 0. The van der Waals surface area contributed by atoms with Crippen molar-refractivity contribution in [3.8, 4) is 0 Å². The quantitative estimate of drug-likeness (QED) is 0.715. The Hall–Kier alpha value is -1.19. The highest BCUT2D eigenvalue weighted by Crippen LogP contribution is 2.05. The first-order chi connectivity index (χ1) is 8.61. The van der Waals surface area contributed by atoms with Gasteiger partial charge in [-0.1, -0.05) is 27.4 Å². The van der Waals surface area contributed by atoms with Gasteiger partial charge in [0.15, 0.2) is 0 Å². The molecule has 0 atom stereocenters. The minimum absolute atomic E-state index is 0.511. The van der Waals surface area contributed by atoms with E-state index in [9.17, 15) is 0 Å². The Morgan fingerprint density at radius 3 is 2.61 bits per heavy atom. The second-order valence-corrected chi connectivity index (χ2v) is 4.94. The van der Waals surface area contributed by atoms with Crippen LogP contribution in [0.3, 0.4) is 0 Å². The van der Waals surface area contributed by atoms with Crippen LogP contribution < -0.4 is 5.32 Å². The number of pyridine rings is 1. The molecule has 0 aliphatic carbocycles. The Labute approximate surface area is 111 Å². The largest absolute Gasteiger partial charge is 0.311 e. The molecule has 0 bridgehead atoms. The number of aromatic nitrogens is 1. The van der Waals surface area contributed by atoms with Gasteiger partial charge in [-0.2, -0.15) is 0 Å². The molecule has 0 fully saturated rings. The Morgan fingerprint density at radius 2 is 2.06 bits per heavy atom. The summed E-state index contributed by atoms with van der Waals surface area (Å²) in [6.07, 6.45) is 3.69. The zero-order valence-electron chi connectivity index (χ0n) is 11.8. The molecule has 0 aromatic carbocycles. The molecular formula is C15H25N3. The molecule has 0 radical (unpaired) electrons. The van der Waals surface area contributed by atoms with Crippen molar-refractivity contribution in [3.63, 3.8) is 0 Å². The minimum Gasteiger partial charge on any atom is -0.311 e. The lowest BCUT2D eigenvalue weighted by Crippen LogP contribution is -2.31. The number of hydrogen-bond donors (Lipinski definition) is 1. The average molecular weight is 247 g/mol. The summed E-state index contributed by atoms with van der Waals surface area (Å²) in [5.74, 6) is 0. The van der Waals surface area contributed by atoms with Crippen LogP contribution in [0, 0.1) is 0 Å². The predicted octanol–water partition coefficient (Wildman–Crippen LogP) is 2.46. The van der Waals surface area contributed by atoms with E-state index in [1.54, 1.807) is 0 Å². The second kappa shape index (κ2) is 8.01. The molecule has 18 heavy (non-hydrogen) atoms. The zero-order valence-corrected chi connectivity index (χ0v) is 11.8. The van der Waals surface area contributed by atoms with Gasteiger partial charge in [0.2, 0.25) is 0 Å². The lowest BCUT2D eigenvalue weighted by atomic mass is 10.2. The van der Waals surface area contributed by atoms with Gasteiger partial charge >= 0.3 is 0 Å². The van der Waals surface area contributed by atoms with Gasteiger partial charge in [-0.25, -0.2) is 0 Å². The van der Waals surface area contributed by atoms with Gasteiger partial charge in [-0.05, 0) is 29.8 Å². The maximum Gasteiger partial charge on any atom is 0.0271 e. The van der Waals surface area contributed by atoms with E-state index in [0.29, 0.717) is 6.04 Å². The standard InChI is InChI=1S/C15H25N3/c1-5-18(11-14(4)10-17-13(2)3)12-15-6-8-16-9-7-15/h6-9,13,17H,4-5,10-12H2,1-3H3. The van der Waals surface area contributed by atoms with Gasteiger partial charge in [0, 0.05) is 38.1 Å². The van der Waals surface area contributed by atoms with Crippen LogP contribution >= 0.6 is 0 Å². The van der Waals surface area contributed by atoms with Crippen LogP contribution in [-0.2, 0) is 6.54 Å². The lowest BCUT2D eigenvalue weighted by Gasteiger charge is -2.22. The van der Waals surface area contributed by atoms with E-state index < -0.39 is 0 Å². The number of likely N-dealkylation sites (N-methyl/N-ethyl adjacent to an activating group) is 1. The molecule has 100 valence electrons. The molecule has 0 aliphatic heterocycles. The number of rotatable bonds is 8. The van der Waals surface area contributed by atoms with Crippen LogP contribution in [0.2, 0.25) is 0 Å². The highest BCUT2D eigenvalue weighted by molar-refractivity contribution is 5.10. The molecule has 0 spiro atoms. The van der Waals surface area contributed by atoms with Crippen molar-refractivity contribution in [2.45, 2.75) is 33.4 Å². The van der Waals surface area contributed by atoms with E-state index in [1.165, 1.54) is 11.1 Å². The minimum atomic E-state index is 0.511. The molecule has 0 saturated carbocycles. The van der Waals surface area contributed by atoms with Gasteiger partial charge in [0.05, 0.1) is 0 Å². The van der Waals surface area contributed by atoms with Gasteiger partial charge in [-0.15, -0.1) is 0 Å². The summed E-state index contributed by atoms with van der Waals surface area (Å²) in [6.45, 7) is 14.5. The Morgan fingerprint density at radius 1 is 1.39 bits per heavy atom. The Balaban J connectivity index is 2.40. The van der Waals surface area contributed by atoms with Crippen molar-refractivity contribution in [2.24, 2.45) is 0 Å². The number of nitrogens with one attached hydrogen (secondary N) is 1. The van der Waals surface area contributed by atoms with Crippen molar-refractivity contribution in [3.05, 3.63) is 42.2 Å². The summed E-state index contributed by atoms with van der Waals surface area (Å²) < 4.78 is 0. The summed E-state index contributed by atoms with van der Waals surface area (Å²) in [5.41, 5.74) is 2.54. The third-order valence-corrected chi connectivity index (χ3v) is 2.81. The smallest absolute Gasteiger partial charge is 0.0271 e. The molecular weight excluding hydrogens is 222 g/mol. The molecule has 1 aromatic rings. The Kier molecular flexibility index (Phi) is 6.61. The fraction of sp³-hybridized carbons (Fsp3) is 0.533. The van der Waals surface area contributed by atoms with Crippen LogP contribution in [0.4, 0.5) is 0 Å². The zero-order chi connectivity index (χ0) is 13.4. The van der Waals surface area contributed by atoms with E-state index in [0.717, 1.165) is 26.2 Å². The molecule has 3 nitrogen and oxygen atoms in total. The molecule has 0 amide bonds. The molecule has 0 unspecified atom stereocenters. The predicted molar refractivity (Wildman–Crippen MR) is 77.5 cm³/mol. The second-order valence-electron chi connectivity index (χ2n) is 4.94. The van der Waals surface area contributed by atoms with Gasteiger partial charge in [-0.3, -0.25) is 9.88 Å². The van der Waals surface area contributed by atoms with Crippen molar-refractivity contribution in [2.75, 3.05) is 19.6 Å². The molecule has 1 rings (SSSR count). The van der Waals surface area contributed by atoms with Crippen LogP contribution in [0.1, 0.15) is 26.3 Å². The SMILES string of the molecule is C=C(CNC(C)C)CN(CC)Cc1ccncc1. The van der Waals surface area contributed by atoms with Crippen LogP contribution in [0.15, 0.2) is 36.7 Å². The highest BCUT2D eigenvalue weighted by atomic mass is 15.1. The Bertz CT molecular complexity index is 346. The summed E-state index contributed by atoms with van der Waals surface area (Å²) in [6, 6.07) is 4.65. The maximum absolute atomic E-state index is 4.14. The van der Waals surface area contributed by atoms with Crippen molar-refractivity contribution < 1.29 is 0 Å². The number of hydrogen-bond acceptors (Lipinski definition) is 3. The van der Waals surface area contributed by atoms with Crippen LogP contribution in [0.25, 0.3) is 0 Å². The van der Waals surface area contributed by atoms with Crippen LogP contribution in [0.5, 0.6) is 0 Å². The first kappa shape index (κ1) is 14.9. The van der Waals surface area contributed by atoms with Crippen molar-refractivity contribution in [1.29, 1.82) is 0 Å². The normalized spacial score (nSPS) is 11.2. The van der Waals surface area contributed by atoms with Gasteiger partial charge in [0.1, 0.15) is 0 Å². The van der Waals surface area contributed by atoms with E-state index in [1.807, 2.05) is 12.4 Å². The molecule has 1 aromatic heterocycles. The molecule has 1 N–H and O–H groups in total. The topological polar surface area (TPSA) is 28.2 Å². The first-order valence-electron chi connectivity index (χ1n) is 6.63. The maximum atomic E-state index is 4.14. The first-order valence-corrected chi connectivity index (χ1v) is 6.63. The summed E-state index contributed by atoms with van der Waals surface area (Å²) in [4.78, 5) is 6.43. The molecule has 3 heteroatoms. The van der Waals surface area contributed by atoms with E-state index in [-0.39, 0.29) is 0 Å². The van der Waals surface area contributed by atoms with Crippen LogP contribution in [-0.4, -0.2) is 35.6 Å². The van der Waals surface area contributed by atoms with E-state index in [2.05, 4.69) is 54.7 Å². The van der Waals surface area contributed by atoms with E-state index in [4.69, 9.17) is 0 Å². The van der Waals surface area contributed by atoms with Gasteiger partial charge in [0.25, 0.3) is 0 Å². The monoisotopic (exact) mass is 247 g/mol. The number of nitrogens with zero attached hydrogens (tertiary/aromatic N) is 2. The van der Waals surface area contributed by atoms with Crippen molar-refractivity contribution >= 4 is 0 Å². The van der Waals surface area contributed by atoms with E-state index >= 15 is 0 Å². The summed E-state index contributed by atoms with van der Waals surface area (Å²) >= 11 is 0. The third kappa shape index (κ3) is 5.94. The highest BCUT2D eigenvalue weighted by Gasteiger charge is 2.06. The summed E-state index contributed by atoms with van der Waals surface area (Å²) in [5, 5.41) is 3.40. The lowest BCUT2D eigenvalue weighted by molar-refractivity contribution is 0.301. The molecule has 0 aliphatic rings. The van der Waals surface area contributed by atoms with Crippen molar-refractivity contribution in [1.82, 2.24) is 15.2 Å². The van der Waals surface area contributed by atoms with Gasteiger partial charge < -0.3 is 5.32 Å². The average Bonchev–Trinajstić information content (AvgIpc) is 2.37.